The van der Waals surface area contributed by atoms with Gasteiger partial charge in [0, 0.05) is 12.5 Å². The number of ether oxygens (including phenoxy) is 2. The average molecular weight is 279 g/mol. The van der Waals surface area contributed by atoms with Crippen LogP contribution in [-0.4, -0.2) is 42.9 Å². The first-order valence-corrected chi connectivity index (χ1v) is 8.36. The van der Waals surface area contributed by atoms with Gasteiger partial charge in [0.05, 0.1) is 19.3 Å². The molecule has 4 nitrogen and oxygen atoms in total. The highest BCUT2D eigenvalue weighted by atomic mass is 16.7. The molecule has 4 rings (SSSR count). The Balaban J connectivity index is 1.48. The Morgan fingerprint density at radius 1 is 1.00 bits per heavy atom. The molecule has 4 aliphatic rings. The second-order valence-electron chi connectivity index (χ2n) is 6.99. The van der Waals surface area contributed by atoms with Crippen molar-refractivity contribution in [3.05, 3.63) is 0 Å². The highest BCUT2D eigenvalue weighted by molar-refractivity contribution is 5.80. The maximum Gasteiger partial charge on any atom is 0.226 e. The smallest absolute Gasteiger partial charge is 0.226 e. The minimum atomic E-state index is -0.169. The highest BCUT2D eigenvalue weighted by Crippen LogP contribution is 2.49. The van der Waals surface area contributed by atoms with Gasteiger partial charge in [0.2, 0.25) is 5.91 Å². The lowest BCUT2D eigenvalue weighted by Crippen LogP contribution is -2.52. The van der Waals surface area contributed by atoms with Crippen LogP contribution in [0.3, 0.4) is 0 Å². The Bertz CT molecular complexity index is 380. The van der Waals surface area contributed by atoms with Crippen LogP contribution in [0.2, 0.25) is 0 Å². The van der Waals surface area contributed by atoms with E-state index in [1.54, 1.807) is 0 Å². The van der Waals surface area contributed by atoms with Gasteiger partial charge < -0.3 is 14.4 Å². The number of nitrogens with zero attached hydrogens (tertiary/aromatic N) is 1. The number of likely N-dealkylation sites (tertiary alicyclic amines) is 1. The molecule has 1 amide bonds. The van der Waals surface area contributed by atoms with E-state index in [2.05, 4.69) is 4.90 Å². The van der Waals surface area contributed by atoms with E-state index in [1.165, 1.54) is 25.7 Å². The molecule has 2 aliphatic heterocycles. The number of hydrogen-bond acceptors (Lipinski definition) is 3. The molecular formula is C16H25NO3. The molecule has 0 aromatic carbocycles. The lowest BCUT2D eigenvalue weighted by Gasteiger charge is -2.40. The van der Waals surface area contributed by atoms with Gasteiger partial charge in [-0.1, -0.05) is 6.42 Å². The van der Waals surface area contributed by atoms with Crippen LogP contribution in [0.5, 0.6) is 0 Å². The Kier molecular flexibility index (Phi) is 3.47. The van der Waals surface area contributed by atoms with Gasteiger partial charge in [-0.2, -0.15) is 0 Å². The summed E-state index contributed by atoms with van der Waals surface area (Å²) in [5.74, 6) is 2.20. The molecule has 4 heteroatoms. The third-order valence-corrected chi connectivity index (χ3v) is 5.85. The van der Waals surface area contributed by atoms with Gasteiger partial charge in [-0.3, -0.25) is 4.79 Å². The summed E-state index contributed by atoms with van der Waals surface area (Å²) in [6.45, 7) is 2.26. The standard InChI is InChI=1S/C16H25NO3/c18-15(13-10-11-4-5-12(13)9-11)17-6-2-1-3-14(17)16-19-7-8-20-16/h11-14,16H,1-10H2. The molecule has 2 saturated heterocycles. The SMILES string of the molecule is O=C(C1CC2CCC1C2)N1CCCCC1C1OCCO1. The van der Waals surface area contributed by atoms with E-state index in [4.69, 9.17) is 9.47 Å². The predicted molar refractivity (Wildman–Crippen MR) is 74.0 cm³/mol. The Labute approximate surface area is 120 Å². The topological polar surface area (TPSA) is 38.8 Å². The highest BCUT2D eigenvalue weighted by Gasteiger charge is 2.46. The molecule has 0 spiro atoms. The van der Waals surface area contributed by atoms with E-state index in [9.17, 15) is 4.79 Å². The molecule has 4 fully saturated rings. The van der Waals surface area contributed by atoms with Crippen LogP contribution in [0.1, 0.15) is 44.9 Å². The van der Waals surface area contributed by atoms with Gasteiger partial charge >= 0.3 is 0 Å². The van der Waals surface area contributed by atoms with Crippen molar-refractivity contribution >= 4 is 5.91 Å². The third kappa shape index (κ3) is 2.17. The number of carbonyl (C=O) groups is 1. The van der Waals surface area contributed by atoms with Crippen LogP contribution in [0.4, 0.5) is 0 Å². The lowest BCUT2D eigenvalue weighted by atomic mass is 9.86. The Morgan fingerprint density at radius 2 is 1.85 bits per heavy atom. The summed E-state index contributed by atoms with van der Waals surface area (Å²) in [4.78, 5) is 15.1. The van der Waals surface area contributed by atoms with Crippen LogP contribution < -0.4 is 0 Å². The van der Waals surface area contributed by atoms with Gasteiger partial charge in [-0.15, -0.1) is 0 Å². The van der Waals surface area contributed by atoms with Gasteiger partial charge in [0.1, 0.15) is 0 Å². The van der Waals surface area contributed by atoms with Gasteiger partial charge in [0.25, 0.3) is 0 Å². The Morgan fingerprint density at radius 3 is 2.55 bits per heavy atom. The molecule has 20 heavy (non-hydrogen) atoms. The first-order chi connectivity index (χ1) is 9.83. The summed E-state index contributed by atoms with van der Waals surface area (Å²) < 4.78 is 11.4. The largest absolute Gasteiger partial charge is 0.348 e. The number of hydrogen-bond donors (Lipinski definition) is 0. The summed E-state index contributed by atoms with van der Waals surface area (Å²) in [6, 6.07) is 0.165. The van der Waals surface area contributed by atoms with Crippen molar-refractivity contribution in [3.8, 4) is 0 Å². The summed E-state index contributed by atoms with van der Waals surface area (Å²) in [6.07, 6.45) is 8.26. The average Bonchev–Trinajstić information content (AvgIpc) is 3.23. The molecule has 0 radical (unpaired) electrons. The Hall–Kier alpha value is -0.610. The fourth-order valence-electron chi connectivity index (χ4n) is 4.87. The molecule has 0 N–H and O–H groups in total. The van der Waals surface area contributed by atoms with Gasteiger partial charge in [-0.25, -0.2) is 0 Å². The molecule has 4 atom stereocenters. The lowest BCUT2D eigenvalue weighted by molar-refractivity contribution is -0.156. The fraction of sp³-hybridized carbons (Fsp3) is 0.938. The third-order valence-electron chi connectivity index (χ3n) is 5.85. The molecule has 2 aliphatic carbocycles. The van der Waals surface area contributed by atoms with Crippen LogP contribution in [0, 0.1) is 17.8 Å². The number of amides is 1. The summed E-state index contributed by atoms with van der Waals surface area (Å²) in [7, 11) is 0. The van der Waals surface area contributed by atoms with Crippen molar-refractivity contribution < 1.29 is 14.3 Å². The van der Waals surface area contributed by atoms with Gasteiger partial charge in [-0.05, 0) is 50.4 Å². The zero-order chi connectivity index (χ0) is 13.5. The summed E-state index contributed by atoms with van der Waals surface area (Å²) >= 11 is 0. The second kappa shape index (κ2) is 5.30. The van der Waals surface area contributed by atoms with E-state index in [1.807, 2.05) is 0 Å². The molecule has 0 aromatic rings. The van der Waals surface area contributed by atoms with Crippen LogP contribution >= 0.6 is 0 Å². The molecule has 4 unspecified atom stereocenters. The van der Waals surface area contributed by atoms with Crippen molar-refractivity contribution in [1.82, 2.24) is 4.90 Å². The quantitative estimate of drug-likeness (QED) is 0.777. The molecule has 112 valence electrons. The van der Waals surface area contributed by atoms with Crippen molar-refractivity contribution in [3.63, 3.8) is 0 Å². The first-order valence-electron chi connectivity index (χ1n) is 8.36. The normalized spacial score (nSPS) is 41.5. The second-order valence-corrected chi connectivity index (χ2v) is 6.99. The van der Waals surface area contributed by atoms with E-state index in [0.717, 1.165) is 31.7 Å². The monoisotopic (exact) mass is 279 g/mol. The minimum absolute atomic E-state index is 0.165. The fourth-order valence-corrected chi connectivity index (χ4v) is 4.87. The van der Waals surface area contributed by atoms with Crippen molar-refractivity contribution in [2.24, 2.45) is 17.8 Å². The summed E-state index contributed by atoms with van der Waals surface area (Å²) in [5.41, 5.74) is 0. The van der Waals surface area contributed by atoms with Crippen LogP contribution in [0.15, 0.2) is 0 Å². The van der Waals surface area contributed by atoms with E-state index in [0.29, 0.717) is 31.0 Å². The van der Waals surface area contributed by atoms with Gasteiger partial charge in [0.15, 0.2) is 6.29 Å². The first kappa shape index (κ1) is 13.1. The maximum atomic E-state index is 13.0. The minimum Gasteiger partial charge on any atom is -0.348 e. The molecular weight excluding hydrogens is 254 g/mol. The number of piperidine rings is 1. The van der Waals surface area contributed by atoms with Crippen LogP contribution in [0.25, 0.3) is 0 Å². The number of rotatable bonds is 2. The van der Waals surface area contributed by atoms with Crippen molar-refractivity contribution in [2.75, 3.05) is 19.8 Å². The number of fused-ring (bicyclic) bond motifs is 2. The zero-order valence-electron chi connectivity index (χ0n) is 12.1. The zero-order valence-corrected chi connectivity index (χ0v) is 12.1. The molecule has 2 bridgehead atoms. The van der Waals surface area contributed by atoms with E-state index < -0.39 is 0 Å². The van der Waals surface area contributed by atoms with Crippen molar-refractivity contribution in [1.29, 1.82) is 0 Å². The van der Waals surface area contributed by atoms with Crippen molar-refractivity contribution in [2.45, 2.75) is 57.3 Å². The molecule has 2 heterocycles. The summed E-state index contributed by atoms with van der Waals surface area (Å²) in [5, 5.41) is 0. The van der Waals surface area contributed by atoms with E-state index in [-0.39, 0.29) is 12.3 Å². The predicted octanol–water partition coefficient (Wildman–Crippen LogP) is 2.18. The maximum absolute atomic E-state index is 13.0. The molecule has 2 saturated carbocycles. The number of carbonyl (C=O) groups excluding carboxylic acids is 1. The van der Waals surface area contributed by atoms with Crippen LogP contribution in [-0.2, 0) is 14.3 Å². The molecule has 0 aromatic heterocycles. The van der Waals surface area contributed by atoms with E-state index >= 15 is 0 Å².